The predicted molar refractivity (Wildman–Crippen MR) is 139 cm³/mol. The molecule has 0 aliphatic heterocycles. The summed E-state index contributed by atoms with van der Waals surface area (Å²) >= 11 is 0. The van der Waals surface area contributed by atoms with E-state index in [-0.39, 0.29) is 0 Å². The Morgan fingerprint density at radius 1 is 0.531 bits per heavy atom. The Balaban J connectivity index is 3.04. The fraction of sp³-hybridized carbons (Fsp3) is 0.966. The molecule has 3 nitrogen and oxygen atoms in total. The largest absolute Gasteiger partial charge is 0.464 e. The van der Waals surface area contributed by atoms with E-state index < -0.39 is 12.1 Å². The number of carbonyl (C=O) groups excluding carboxylic acids is 1. The molecule has 1 unspecified atom stereocenters. The Bertz CT molecular complexity index is 367. The van der Waals surface area contributed by atoms with Crippen LogP contribution in [0.5, 0.6) is 0 Å². The van der Waals surface area contributed by atoms with Crippen LogP contribution in [-0.4, -0.2) is 23.8 Å². The van der Waals surface area contributed by atoms with E-state index in [9.17, 15) is 4.79 Å². The van der Waals surface area contributed by atoms with Crippen molar-refractivity contribution in [3.8, 4) is 0 Å². The van der Waals surface area contributed by atoms with Crippen molar-refractivity contribution in [2.75, 3.05) is 6.61 Å². The van der Waals surface area contributed by atoms with Gasteiger partial charge in [0, 0.05) is 0 Å². The first-order chi connectivity index (χ1) is 15.7. The van der Waals surface area contributed by atoms with Crippen LogP contribution in [0.3, 0.4) is 0 Å². The van der Waals surface area contributed by atoms with Gasteiger partial charge in [0.05, 0.1) is 6.61 Å². The molecule has 0 aliphatic carbocycles. The van der Waals surface area contributed by atoms with Gasteiger partial charge in [-0.3, -0.25) is 0 Å². The molecule has 1 N–H and O–H groups in total. The second kappa shape index (κ2) is 26.7. The molecule has 0 amide bonds. The average molecular weight is 455 g/mol. The maximum atomic E-state index is 11.1. The van der Waals surface area contributed by atoms with Gasteiger partial charge in [-0.05, 0) is 13.3 Å². The molecule has 0 saturated heterocycles. The Hall–Kier alpha value is -0.570. The van der Waals surface area contributed by atoms with E-state index in [0.29, 0.717) is 6.61 Å². The number of carbonyl (C=O) groups is 1. The van der Waals surface area contributed by atoms with Gasteiger partial charge in [-0.2, -0.15) is 0 Å². The molecule has 0 aromatic rings. The summed E-state index contributed by atoms with van der Waals surface area (Å²) in [6.07, 6.45) is 32.2. The van der Waals surface area contributed by atoms with E-state index in [1.165, 1.54) is 148 Å². The van der Waals surface area contributed by atoms with Gasteiger partial charge < -0.3 is 9.84 Å². The smallest absolute Gasteiger partial charge is 0.334 e. The summed E-state index contributed by atoms with van der Waals surface area (Å²) in [5.74, 6) is -0.501. The Kier molecular flexibility index (Phi) is 26.2. The molecule has 0 aromatic heterocycles. The van der Waals surface area contributed by atoms with E-state index in [0.717, 1.165) is 12.8 Å². The third kappa shape index (κ3) is 25.7. The van der Waals surface area contributed by atoms with Crippen LogP contribution in [0.25, 0.3) is 0 Å². The van der Waals surface area contributed by atoms with E-state index >= 15 is 0 Å². The zero-order valence-corrected chi connectivity index (χ0v) is 22.0. The minimum Gasteiger partial charge on any atom is -0.464 e. The van der Waals surface area contributed by atoms with E-state index in [4.69, 9.17) is 9.84 Å². The van der Waals surface area contributed by atoms with Gasteiger partial charge in [-0.15, -0.1) is 0 Å². The first kappa shape index (κ1) is 31.4. The molecule has 0 aliphatic rings. The zero-order valence-electron chi connectivity index (χ0n) is 22.0. The van der Waals surface area contributed by atoms with Crippen molar-refractivity contribution in [3.63, 3.8) is 0 Å². The SMILES string of the molecule is CCCCCCCCCCCCCCCCCCCCCCCCCCOC(=O)C(C)O. The van der Waals surface area contributed by atoms with Gasteiger partial charge in [0.25, 0.3) is 0 Å². The molecule has 0 rings (SSSR count). The fourth-order valence-electron chi connectivity index (χ4n) is 4.36. The number of ether oxygens (including phenoxy) is 1. The second-order valence-electron chi connectivity index (χ2n) is 9.98. The van der Waals surface area contributed by atoms with Crippen LogP contribution in [0.1, 0.15) is 168 Å². The summed E-state index contributed by atoms with van der Waals surface area (Å²) in [5.41, 5.74) is 0. The third-order valence-electron chi connectivity index (χ3n) is 6.58. The molecular formula is C29H58O3. The van der Waals surface area contributed by atoms with Gasteiger partial charge in [0.15, 0.2) is 0 Å². The van der Waals surface area contributed by atoms with Crippen LogP contribution in [0, 0.1) is 0 Å². The Morgan fingerprint density at radius 3 is 1.03 bits per heavy atom. The van der Waals surface area contributed by atoms with Crippen LogP contribution in [0.2, 0.25) is 0 Å². The summed E-state index contributed by atoms with van der Waals surface area (Å²) in [7, 11) is 0. The van der Waals surface area contributed by atoms with E-state index in [2.05, 4.69) is 6.92 Å². The topological polar surface area (TPSA) is 46.5 Å². The highest BCUT2D eigenvalue weighted by atomic mass is 16.5. The number of esters is 1. The number of hydrogen-bond acceptors (Lipinski definition) is 3. The first-order valence-corrected chi connectivity index (χ1v) is 14.5. The van der Waals surface area contributed by atoms with Crippen molar-refractivity contribution in [1.82, 2.24) is 0 Å². The van der Waals surface area contributed by atoms with Crippen molar-refractivity contribution in [2.24, 2.45) is 0 Å². The van der Waals surface area contributed by atoms with E-state index in [1.54, 1.807) is 0 Å². The molecule has 32 heavy (non-hydrogen) atoms. The molecule has 0 heterocycles. The van der Waals surface area contributed by atoms with Crippen LogP contribution in [0.4, 0.5) is 0 Å². The first-order valence-electron chi connectivity index (χ1n) is 14.5. The molecule has 0 bridgehead atoms. The zero-order chi connectivity index (χ0) is 23.5. The standard InChI is InChI=1S/C29H58O3/c1-3-4-5-6-7-8-9-10-11-12-13-14-15-16-17-18-19-20-21-22-23-24-25-26-27-32-29(31)28(2)30/h28,30H,3-27H2,1-2H3. The summed E-state index contributed by atoms with van der Waals surface area (Å²) in [6, 6.07) is 0. The van der Waals surface area contributed by atoms with Gasteiger partial charge >= 0.3 is 5.97 Å². The lowest BCUT2D eigenvalue weighted by Crippen LogP contribution is -2.19. The van der Waals surface area contributed by atoms with Crippen LogP contribution < -0.4 is 0 Å². The highest BCUT2D eigenvalue weighted by Crippen LogP contribution is 2.15. The molecule has 1 atom stereocenters. The summed E-state index contributed by atoms with van der Waals surface area (Å²) in [6.45, 7) is 4.19. The lowest BCUT2D eigenvalue weighted by molar-refractivity contribution is -0.152. The maximum absolute atomic E-state index is 11.1. The van der Waals surface area contributed by atoms with Crippen molar-refractivity contribution in [2.45, 2.75) is 174 Å². The number of hydrogen-bond donors (Lipinski definition) is 1. The van der Waals surface area contributed by atoms with Crippen molar-refractivity contribution >= 4 is 5.97 Å². The van der Waals surface area contributed by atoms with Crippen molar-refractivity contribution in [3.05, 3.63) is 0 Å². The average Bonchev–Trinajstić information content (AvgIpc) is 2.78. The van der Waals surface area contributed by atoms with Gasteiger partial charge in [-0.1, -0.05) is 155 Å². The normalized spacial score (nSPS) is 12.2. The Labute approximate surface area is 201 Å². The third-order valence-corrected chi connectivity index (χ3v) is 6.58. The van der Waals surface area contributed by atoms with Gasteiger partial charge in [-0.25, -0.2) is 4.79 Å². The lowest BCUT2D eigenvalue weighted by atomic mass is 10.0. The molecular weight excluding hydrogens is 396 g/mol. The summed E-state index contributed by atoms with van der Waals surface area (Å²) in [5, 5.41) is 9.03. The molecule has 192 valence electrons. The molecule has 0 spiro atoms. The number of unbranched alkanes of at least 4 members (excludes halogenated alkanes) is 23. The minimum absolute atomic E-state index is 0.447. The fourth-order valence-corrected chi connectivity index (χ4v) is 4.36. The molecule has 3 heteroatoms. The molecule has 0 fully saturated rings. The van der Waals surface area contributed by atoms with Crippen LogP contribution in [0.15, 0.2) is 0 Å². The highest BCUT2D eigenvalue weighted by molar-refractivity contribution is 5.73. The van der Waals surface area contributed by atoms with Gasteiger partial charge in [0.2, 0.25) is 0 Å². The number of aliphatic hydroxyl groups excluding tert-OH is 1. The van der Waals surface area contributed by atoms with Gasteiger partial charge in [0.1, 0.15) is 6.10 Å². The Morgan fingerprint density at radius 2 is 0.781 bits per heavy atom. The quantitative estimate of drug-likeness (QED) is 0.105. The highest BCUT2D eigenvalue weighted by Gasteiger charge is 2.08. The summed E-state index contributed by atoms with van der Waals surface area (Å²) < 4.78 is 4.96. The van der Waals surface area contributed by atoms with E-state index in [1.807, 2.05) is 0 Å². The molecule has 0 radical (unpaired) electrons. The number of aliphatic hydroxyl groups is 1. The lowest BCUT2D eigenvalue weighted by Gasteiger charge is -2.06. The summed E-state index contributed by atoms with van der Waals surface area (Å²) in [4.78, 5) is 11.1. The predicted octanol–water partition coefficient (Wildman–Crippen LogP) is 9.29. The number of rotatable bonds is 26. The second-order valence-corrected chi connectivity index (χ2v) is 9.98. The monoisotopic (exact) mass is 454 g/mol. The van der Waals surface area contributed by atoms with Crippen LogP contribution >= 0.6 is 0 Å². The minimum atomic E-state index is -0.996. The molecule has 0 saturated carbocycles. The van der Waals surface area contributed by atoms with Crippen molar-refractivity contribution < 1.29 is 14.6 Å². The maximum Gasteiger partial charge on any atom is 0.334 e. The van der Waals surface area contributed by atoms with Crippen LogP contribution in [-0.2, 0) is 9.53 Å². The molecule has 0 aromatic carbocycles. The van der Waals surface area contributed by atoms with Crippen molar-refractivity contribution in [1.29, 1.82) is 0 Å².